The number of rotatable bonds is 2. The maximum Gasteiger partial charge on any atom is 0.165 e. The Balaban J connectivity index is 2.31. The molecule has 21 heavy (non-hydrogen) atoms. The van der Waals surface area contributed by atoms with E-state index in [-0.39, 0.29) is 5.75 Å². The zero-order valence-corrected chi connectivity index (χ0v) is 12.5. The first-order valence-electron chi connectivity index (χ1n) is 6.49. The Bertz CT molecular complexity index is 818. The summed E-state index contributed by atoms with van der Waals surface area (Å²) in [5.41, 5.74) is 1.35. The highest BCUT2D eigenvalue weighted by molar-refractivity contribution is 6.30. The van der Waals surface area contributed by atoms with Crippen molar-refractivity contribution in [2.75, 3.05) is 19.0 Å². The summed E-state index contributed by atoms with van der Waals surface area (Å²) in [6.07, 6.45) is 0. The molecule has 4 nitrogen and oxygen atoms in total. The molecule has 0 bridgehead atoms. The largest absolute Gasteiger partial charge is 0.507 e. The Morgan fingerprint density at radius 2 is 1.81 bits per heavy atom. The molecule has 0 aliphatic heterocycles. The lowest BCUT2D eigenvalue weighted by Gasteiger charge is -2.15. The molecule has 0 unspecified atom stereocenters. The maximum atomic E-state index is 10.0. The maximum absolute atomic E-state index is 10.0. The van der Waals surface area contributed by atoms with Crippen LogP contribution < -0.4 is 4.90 Å². The molecule has 1 aromatic heterocycles. The van der Waals surface area contributed by atoms with Gasteiger partial charge in [-0.25, -0.2) is 9.97 Å². The van der Waals surface area contributed by atoms with E-state index in [1.54, 1.807) is 18.2 Å². The highest BCUT2D eigenvalue weighted by Gasteiger charge is 2.13. The van der Waals surface area contributed by atoms with Crippen LogP contribution >= 0.6 is 11.6 Å². The van der Waals surface area contributed by atoms with Crippen LogP contribution in [0.25, 0.3) is 22.3 Å². The summed E-state index contributed by atoms with van der Waals surface area (Å²) in [6.45, 7) is 0. The molecule has 0 spiro atoms. The Morgan fingerprint density at radius 1 is 1.05 bits per heavy atom. The molecule has 3 aromatic rings. The monoisotopic (exact) mass is 299 g/mol. The van der Waals surface area contributed by atoms with E-state index in [4.69, 9.17) is 11.6 Å². The van der Waals surface area contributed by atoms with E-state index >= 15 is 0 Å². The molecule has 1 N–H and O–H groups in total. The van der Waals surface area contributed by atoms with Gasteiger partial charge in [0.2, 0.25) is 0 Å². The van der Waals surface area contributed by atoms with Gasteiger partial charge < -0.3 is 10.0 Å². The molecule has 1 heterocycles. The van der Waals surface area contributed by atoms with Crippen molar-refractivity contribution in [1.29, 1.82) is 0 Å². The van der Waals surface area contributed by atoms with Crippen LogP contribution in [0, 0.1) is 0 Å². The molecule has 0 atom stereocenters. The third kappa shape index (κ3) is 2.50. The molecule has 0 amide bonds. The highest BCUT2D eigenvalue weighted by Crippen LogP contribution is 2.32. The molecular formula is C16H14ClN3O. The van der Waals surface area contributed by atoms with E-state index in [1.165, 1.54) is 0 Å². The molecular weight excluding hydrogens is 286 g/mol. The van der Waals surface area contributed by atoms with Gasteiger partial charge in [-0.1, -0.05) is 23.7 Å². The topological polar surface area (TPSA) is 49.2 Å². The molecule has 3 rings (SSSR count). The van der Waals surface area contributed by atoms with Gasteiger partial charge in [-0.2, -0.15) is 0 Å². The van der Waals surface area contributed by atoms with Crippen molar-refractivity contribution in [1.82, 2.24) is 9.97 Å². The number of phenols is 1. The fraction of sp³-hybridized carbons (Fsp3) is 0.125. The smallest absolute Gasteiger partial charge is 0.165 e. The highest BCUT2D eigenvalue weighted by atomic mass is 35.5. The Labute approximate surface area is 127 Å². The number of anilines is 1. The van der Waals surface area contributed by atoms with Gasteiger partial charge in [-0.15, -0.1) is 0 Å². The molecule has 0 fully saturated rings. The first-order valence-corrected chi connectivity index (χ1v) is 6.87. The predicted molar refractivity (Wildman–Crippen MR) is 86.0 cm³/mol. The molecule has 106 valence electrons. The van der Waals surface area contributed by atoms with Crippen LogP contribution in [0.2, 0.25) is 5.02 Å². The number of halogens is 1. The lowest BCUT2D eigenvalue weighted by molar-refractivity contribution is 0.477. The van der Waals surface area contributed by atoms with Gasteiger partial charge >= 0.3 is 0 Å². The van der Waals surface area contributed by atoms with Gasteiger partial charge in [-0.3, -0.25) is 0 Å². The van der Waals surface area contributed by atoms with Gasteiger partial charge in [0, 0.05) is 24.5 Å². The van der Waals surface area contributed by atoms with E-state index in [2.05, 4.69) is 9.97 Å². The summed E-state index contributed by atoms with van der Waals surface area (Å²) < 4.78 is 0. The SMILES string of the molecule is CN(C)c1nc(-c2cc(Cl)ccc2O)nc2ccccc12. The standard InChI is InChI=1S/C16H14ClN3O/c1-20(2)16-11-5-3-4-6-13(11)18-15(19-16)12-9-10(17)7-8-14(12)21/h3-9,21H,1-2H3. The van der Waals surface area contributed by atoms with Crippen molar-refractivity contribution in [2.24, 2.45) is 0 Å². The molecule has 0 radical (unpaired) electrons. The molecule has 0 aliphatic rings. The second-order valence-corrected chi connectivity index (χ2v) is 5.38. The lowest BCUT2D eigenvalue weighted by atomic mass is 10.1. The zero-order valence-electron chi connectivity index (χ0n) is 11.7. The number of hydrogen-bond donors (Lipinski definition) is 1. The number of fused-ring (bicyclic) bond motifs is 1. The van der Waals surface area contributed by atoms with Crippen LogP contribution in [-0.2, 0) is 0 Å². The minimum Gasteiger partial charge on any atom is -0.507 e. The van der Waals surface area contributed by atoms with E-state index in [9.17, 15) is 5.11 Å². The quantitative estimate of drug-likeness (QED) is 0.783. The minimum absolute atomic E-state index is 0.111. The van der Waals surface area contributed by atoms with Crippen molar-refractivity contribution in [3.05, 3.63) is 47.5 Å². The normalized spacial score (nSPS) is 10.8. The Morgan fingerprint density at radius 3 is 2.57 bits per heavy atom. The van der Waals surface area contributed by atoms with Crippen LogP contribution in [0.15, 0.2) is 42.5 Å². The number of phenolic OH excluding ortho intramolecular Hbond substituents is 1. The molecule has 0 aliphatic carbocycles. The lowest BCUT2D eigenvalue weighted by Crippen LogP contribution is -2.12. The van der Waals surface area contributed by atoms with E-state index in [0.29, 0.717) is 16.4 Å². The van der Waals surface area contributed by atoms with Crippen molar-refractivity contribution < 1.29 is 5.11 Å². The molecule has 0 saturated carbocycles. The summed E-state index contributed by atoms with van der Waals surface area (Å²) in [5.74, 6) is 1.37. The second-order valence-electron chi connectivity index (χ2n) is 4.94. The number of aromatic nitrogens is 2. The van der Waals surface area contributed by atoms with Crippen molar-refractivity contribution in [3.63, 3.8) is 0 Å². The van der Waals surface area contributed by atoms with Crippen LogP contribution in [0.5, 0.6) is 5.75 Å². The number of benzene rings is 2. The van der Waals surface area contributed by atoms with Gasteiger partial charge in [0.05, 0.1) is 11.1 Å². The Hall–Kier alpha value is -2.33. The first-order chi connectivity index (χ1) is 10.1. The Kier molecular flexibility index (Phi) is 3.39. The minimum atomic E-state index is 0.111. The summed E-state index contributed by atoms with van der Waals surface area (Å²) in [7, 11) is 3.85. The van der Waals surface area contributed by atoms with Gasteiger partial charge in [0.1, 0.15) is 11.6 Å². The number of nitrogens with zero attached hydrogens (tertiary/aromatic N) is 3. The van der Waals surface area contributed by atoms with E-state index < -0.39 is 0 Å². The third-order valence-corrected chi connectivity index (χ3v) is 3.44. The number of hydrogen-bond acceptors (Lipinski definition) is 4. The number of aromatic hydroxyl groups is 1. The van der Waals surface area contributed by atoms with Gasteiger partial charge in [0.25, 0.3) is 0 Å². The van der Waals surface area contributed by atoms with Crippen LogP contribution in [0.3, 0.4) is 0 Å². The fourth-order valence-corrected chi connectivity index (χ4v) is 2.38. The fourth-order valence-electron chi connectivity index (χ4n) is 2.21. The predicted octanol–water partition coefficient (Wildman–Crippen LogP) is 3.72. The summed E-state index contributed by atoms with van der Waals surface area (Å²) in [5, 5.41) is 11.5. The molecule has 0 saturated heterocycles. The first kappa shape index (κ1) is 13.6. The van der Waals surface area contributed by atoms with E-state index in [1.807, 2.05) is 43.3 Å². The van der Waals surface area contributed by atoms with Crippen molar-refractivity contribution in [3.8, 4) is 17.1 Å². The second kappa shape index (κ2) is 5.22. The summed E-state index contributed by atoms with van der Waals surface area (Å²) in [6, 6.07) is 12.6. The van der Waals surface area contributed by atoms with E-state index in [0.717, 1.165) is 16.7 Å². The molecule has 2 aromatic carbocycles. The van der Waals surface area contributed by atoms with Crippen molar-refractivity contribution in [2.45, 2.75) is 0 Å². The number of para-hydroxylation sites is 1. The van der Waals surface area contributed by atoms with Crippen LogP contribution in [-0.4, -0.2) is 29.2 Å². The third-order valence-electron chi connectivity index (χ3n) is 3.21. The van der Waals surface area contributed by atoms with Crippen LogP contribution in [0.1, 0.15) is 0 Å². The summed E-state index contributed by atoms with van der Waals surface area (Å²) in [4.78, 5) is 11.0. The van der Waals surface area contributed by atoms with Gasteiger partial charge in [-0.05, 0) is 30.3 Å². The average molecular weight is 300 g/mol. The average Bonchev–Trinajstić information content (AvgIpc) is 2.48. The molecule has 5 heteroatoms. The summed E-state index contributed by atoms with van der Waals surface area (Å²) >= 11 is 6.01. The van der Waals surface area contributed by atoms with Crippen molar-refractivity contribution >= 4 is 28.3 Å². The zero-order chi connectivity index (χ0) is 15.0. The van der Waals surface area contributed by atoms with Crippen LogP contribution in [0.4, 0.5) is 5.82 Å². The van der Waals surface area contributed by atoms with Gasteiger partial charge in [0.15, 0.2) is 5.82 Å².